The third-order valence-electron chi connectivity index (χ3n) is 4.89. The van der Waals surface area contributed by atoms with Crippen LogP contribution < -0.4 is 0 Å². The van der Waals surface area contributed by atoms with E-state index in [2.05, 4.69) is 10.3 Å². The molecule has 0 N–H and O–H groups in total. The SMILES string of the molecule is Cc1nn(Cc2cc(-c3ccc(Cl)cc3)no2)c(C)c1S(=O)(=O)N1CCOCC1. The molecule has 29 heavy (non-hydrogen) atoms. The van der Waals surface area contributed by atoms with Crippen molar-refractivity contribution < 1.29 is 17.7 Å². The van der Waals surface area contributed by atoms with Crippen LogP contribution in [0.4, 0.5) is 0 Å². The van der Waals surface area contributed by atoms with Crippen LogP contribution >= 0.6 is 11.6 Å². The Balaban J connectivity index is 1.59. The van der Waals surface area contributed by atoms with E-state index in [4.69, 9.17) is 20.9 Å². The van der Waals surface area contributed by atoms with Crippen LogP contribution in [0.5, 0.6) is 0 Å². The third-order valence-corrected chi connectivity index (χ3v) is 7.29. The Morgan fingerprint density at radius 3 is 2.52 bits per heavy atom. The van der Waals surface area contributed by atoms with Gasteiger partial charge >= 0.3 is 0 Å². The molecule has 1 saturated heterocycles. The molecule has 1 aromatic carbocycles. The highest BCUT2D eigenvalue weighted by Gasteiger charge is 2.32. The van der Waals surface area contributed by atoms with Crippen molar-refractivity contribution in [2.45, 2.75) is 25.3 Å². The zero-order chi connectivity index (χ0) is 20.6. The van der Waals surface area contributed by atoms with Gasteiger partial charge in [-0.2, -0.15) is 9.40 Å². The van der Waals surface area contributed by atoms with Gasteiger partial charge in [-0.1, -0.05) is 28.9 Å². The first-order valence-corrected chi connectivity index (χ1v) is 11.0. The van der Waals surface area contributed by atoms with E-state index in [-0.39, 0.29) is 11.4 Å². The van der Waals surface area contributed by atoms with Crippen molar-refractivity contribution in [1.29, 1.82) is 0 Å². The molecule has 1 fully saturated rings. The summed E-state index contributed by atoms with van der Waals surface area (Å²) < 4.78 is 40.0. The Morgan fingerprint density at radius 1 is 1.14 bits per heavy atom. The topological polar surface area (TPSA) is 90.5 Å². The molecule has 8 nitrogen and oxygen atoms in total. The number of sulfonamides is 1. The van der Waals surface area contributed by atoms with Crippen molar-refractivity contribution in [3.05, 3.63) is 52.5 Å². The number of morpholine rings is 1. The number of nitrogens with zero attached hydrogens (tertiary/aromatic N) is 4. The van der Waals surface area contributed by atoms with Crippen LogP contribution in [-0.2, 0) is 21.3 Å². The monoisotopic (exact) mass is 436 g/mol. The lowest BCUT2D eigenvalue weighted by Gasteiger charge is -2.26. The molecule has 2 aromatic heterocycles. The number of rotatable bonds is 5. The van der Waals surface area contributed by atoms with Gasteiger partial charge in [0.15, 0.2) is 5.76 Å². The molecule has 4 rings (SSSR count). The maximum atomic E-state index is 13.1. The van der Waals surface area contributed by atoms with Crippen LogP contribution in [0.1, 0.15) is 17.1 Å². The van der Waals surface area contributed by atoms with Crippen molar-refractivity contribution in [3.63, 3.8) is 0 Å². The molecule has 0 atom stereocenters. The standard InChI is InChI=1S/C19H21ClN4O4S/c1-13-19(29(25,26)23-7-9-27-10-8-23)14(2)24(21-13)12-17-11-18(22-28-17)15-3-5-16(20)6-4-15/h3-6,11H,7-10,12H2,1-2H3. The second-order valence-electron chi connectivity index (χ2n) is 6.86. The van der Waals surface area contributed by atoms with Crippen LogP contribution in [0.15, 0.2) is 39.8 Å². The number of hydrogen-bond donors (Lipinski definition) is 0. The Hall–Kier alpha value is -2.20. The molecule has 0 aliphatic carbocycles. The molecule has 0 bridgehead atoms. The summed E-state index contributed by atoms with van der Waals surface area (Å²) in [5.74, 6) is 0.580. The van der Waals surface area contributed by atoms with Crippen molar-refractivity contribution in [3.8, 4) is 11.3 Å². The minimum Gasteiger partial charge on any atom is -0.379 e. The zero-order valence-corrected chi connectivity index (χ0v) is 17.7. The molecule has 1 aliphatic heterocycles. The minimum absolute atomic E-state index is 0.247. The first-order valence-electron chi connectivity index (χ1n) is 9.19. The molecular formula is C19H21ClN4O4S. The molecule has 0 unspecified atom stereocenters. The van der Waals surface area contributed by atoms with Gasteiger partial charge in [0, 0.05) is 29.7 Å². The van der Waals surface area contributed by atoms with Gasteiger partial charge < -0.3 is 9.26 Å². The number of halogens is 1. The van der Waals surface area contributed by atoms with Gasteiger partial charge in [0.05, 0.1) is 24.6 Å². The van der Waals surface area contributed by atoms with Crippen molar-refractivity contribution in [1.82, 2.24) is 19.2 Å². The van der Waals surface area contributed by atoms with Crippen LogP contribution in [0.3, 0.4) is 0 Å². The lowest BCUT2D eigenvalue weighted by Crippen LogP contribution is -2.41. The van der Waals surface area contributed by atoms with Crippen LogP contribution in [0, 0.1) is 13.8 Å². The number of hydrogen-bond acceptors (Lipinski definition) is 6. The molecule has 0 saturated carbocycles. The summed E-state index contributed by atoms with van der Waals surface area (Å²) >= 11 is 5.92. The van der Waals surface area contributed by atoms with E-state index in [0.717, 1.165) is 5.56 Å². The molecule has 0 spiro atoms. The van der Waals surface area contributed by atoms with Gasteiger partial charge in [-0.3, -0.25) is 4.68 Å². The van der Waals surface area contributed by atoms with Crippen molar-refractivity contribution in [2.24, 2.45) is 0 Å². The van der Waals surface area contributed by atoms with Gasteiger partial charge in [0.2, 0.25) is 10.0 Å². The van der Waals surface area contributed by atoms with E-state index in [1.165, 1.54) is 4.31 Å². The van der Waals surface area contributed by atoms with Gasteiger partial charge in [-0.25, -0.2) is 8.42 Å². The molecule has 3 aromatic rings. The summed E-state index contributed by atoms with van der Waals surface area (Å²) in [6.07, 6.45) is 0. The number of ether oxygens (including phenoxy) is 1. The molecule has 0 radical (unpaired) electrons. The van der Waals surface area contributed by atoms with Crippen LogP contribution in [0.25, 0.3) is 11.3 Å². The number of benzene rings is 1. The largest absolute Gasteiger partial charge is 0.379 e. The normalized spacial score (nSPS) is 15.7. The Kier molecular flexibility index (Phi) is 5.48. The molecular weight excluding hydrogens is 416 g/mol. The molecule has 3 heterocycles. The Labute approximate surface area is 174 Å². The van der Waals surface area contributed by atoms with Crippen molar-refractivity contribution in [2.75, 3.05) is 26.3 Å². The quantitative estimate of drug-likeness (QED) is 0.610. The van der Waals surface area contributed by atoms with Gasteiger partial charge in [0.1, 0.15) is 17.1 Å². The number of aromatic nitrogens is 3. The maximum Gasteiger partial charge on any atom is 0.246 e. The molecule has 1 aliphatic rings. The highest BCUT2D eigenvalue weighted by Crippen LogP contribution is 2.26. The number of aryl methyl sites for hydroxylation is 1. The van der Waals surface area contributed by atoms with E-state index >= 15 is 0 Å². The van der Waals surface area contributed by atoms with E-state index in [0.29, 0.717) is 54.2 Å². The van der Waals surface area contributed by atoms with Gasteiger partial charge in [-0.05, 0) is 26.0 Å². The molecule has 0 amide bonds. The summed E-state index contributed by atoms with van der Waals surface area (Å²) in [5.41, 5.74) is 2.59. The smallest absolute Gasteiger partial charge is 0.246 e. The predicted molar refractivity (Wildman–Crippen MR) is 107 cm³/mol. The average molecular weight is 437 g/mol. The maximum absolute atomic E-state index is 13.1. The fraction of sp³-hybridized carbons (Fsp3) is 0.368. The highest BCUT2D eigenvalue weighted by atomic mass is 35.5. The van der Waals surface area contributed by atoms with E-state index in [9.17, 15) is 8.42 Å². The fourth-order valence-corrected chi connectivity index (χ4v) is 5.32. The van der Waals surface area contributed by atoms with Gasteiger partial charge in [-0.15, -0.1) is 0 Å². The molecule has 10 heteroatoms. The van der Waals surface area contributed by atoms with E-state index in [1.807, 2.05) is 18.2 Å². The Morgan fingerprint density at radius 2 is 1.83 bits per heavy atom. The first-order chi connectivity index (χ1) is 13.9. The van der Waals surface area contributed by atoms with Gasteiger partial charge in [0.25, 0.3) is 0 Å². The summed E-state index contributed by atoms with van der Waals surface area (Å²) in [5, 5.41) is 9.18. The average Bonchev–Trinajstić information content (AvgIpc) is 3.28. The third kappa shape index (κ3) is 3.95. The lowest BCUT2D eigenvalue weighted by molar-refractivity contribution is 0.0730. The summed E-state index contributed by atoms with van der Waals surface area (Å²) in [7, 11) is -3.63. The van der Waals surface area contributed by atoms with Crippen LogP contribution in [-0.4, -0.2) is 54.0 Å². The molecule has 154 valence electrons. The highest BCUT2D eigenvalue weighted by molar-refractivity contribution is 7.89. The van der Waals surface area contributed by atoms with E-state index < -0.39 is 10.0 Å². The zero-order valence-electron chi connectivity index (χ0n) is 16.1. The predicted octanol–water partition coefficient (Wildman–Crippen LogP) is 2.88. The minimum atomic E-state index is -3.63. The van der Waals surface area contributed by atoms with Crippen molar-refractivity contribution >= 4 is 21.6 Å². The Bertz CT molecular complexity index is 1120. The lowest BCUT2D eigenvalue weighted by atomic mass is 10.1. The second-order valence-corrected chi connectivity index (χ2v) is 9.17. The first kappa shape index (κ1) is 20.1. The summed E-state index contributed by atoms with van der Waals surface area (Å²) in [6, 6.07) is 9.11. The summed E-state index contributed by atoms with van der Waals surface area (Å²) in [6.45, 7) is 5.23. The second kappa shape index (κ2) is 7.91. The van der Waals surface area contributed by atoms with Crippen LogP contribution in [0.2, 0.25) is 5.02 Å². The van der Waals surface area contributed by atoms with E-state index in [1.54, 1.807) is 30.7 Å². The fourth-order valence-electron chi connectivity index (χ4n) is 3.42. The summed E-state index contributed by atoms with van der Waals surface area (Å²) in [4.78, 5) is 0.247.